The summed E-state index contributed by atoms with van der Waals surface area (Å²) in [6.07, 6.45) is 3.47. The summed E-state index contributed by atoms with van der Waals surface area (Å²) in [4.78, 5) is 21.6. The van der Waals surface area contributed by atoms with Crippen LogP contribution in [0.2, 0.25) is 0 Å². The fourth-order valence-electron chi connectivity index (χ4n) is 1.66. The molecule has 0 aliphatic heterocycles. The van der Waals surface area contributed by atoms with E-state index in [1.54, 1.807) is 10.9 Å². The fourth-order valence-corrected chi connectivity index (χ4v) is 1.66. The largest absolute Gasteiger partial charge is 0.480 e. The first-order valence-electron chi connectivity index (χ1n) is 6.30. The van der Waals surface area contributed by atoms with E-state index in [1.165, 1.54) is 0 Å². The van der Waals surface area contributed by atoms with Gasteiger partial charge in [0.25, 0.3) is 0 Å². The zero-order valence-corrected chi connectivity index (χ0v) is 11.2. The van der Waals surface area contributed by atoms with Crippen LogP contribution in [-0.4, -0.2) is 40.0 Å². The molecule has 1 aromatic heterocycles. The number of carboxylic acids is 1. The van der Waals surface area contributed by atoms with Crippen LogP contribution in [0.4, 0.5) is 0 Å². The molecule has 1 amide bonds. The van der Waals surface area contributed by atoms with E-state index in [0.29, 0.717) is 6.54 Å². The molecule has 1 heterocycles. The SMILES string of the molecule is O=C(O)COCC(=O)NCc1cnn(-c2ccccc2)c1. The minimum absolute atomic E-state index is 0.279. The second-order valence-electron chi connectivity index (χ2n) is 4.29. The van der Waals surface area contributed by atoms with Gasteiger partial charge in [-0.1, -0.05) is 18.2 Å². The van der Waals surface area contributed by atoms with Gasteiger partial charge < -0.3 is 15.2 Å². The highest BCUT2D eigenvalue weighted by Gasteiger charge is 2.05. The van der Waals surface area contributed by atoms with E-state index in [9.17, 15) is 9.59 Å². The van der Waals surface area contributed by atoms with Crippen molar-refractivity contribution >= 4 is 11.9 Å². The molecule has 7 nitrogen and oxygen atoms in total. The Morgan fingerprint density at radius 3 is 2.71 bits per heavy atom. The first-order valence-corrected chi connectivity index (χ1v) is 6.30. The minimum atomic E-state index is -1.10. The Balaban J connectivity index is 1.80. The Labute approximate surface area is 121 Å². The molecule has 21 heavy (non-hydrogen) atoms. The number of amides is 1. The summed E-state index contributed by atoms with van der Waals surface area (Å²) in [6.45, 7) is -0.458. The summed E-state index contributed by atoms with van der Waals surface area (Å²) < 4.78 is 6.40. The average molecular weight is 289 g/mol. The number of rotatable bonds is 7. The van der Waals surface area contributed by atoms with Gasteiger partial charge in [-0.15, -0.1) is 0 Å². The number of ether oxygens (including phenoxy) is 1. The maximum atomic E-state index is 11.4. The van der Waals surface area contributed by atoms with E-state index in [-0.39, 0.29) is 12.5 Å². The normalized spacial score (nSPS) is 10.3. The van der Waals surface area contributed by atoms with E-state index >= 15 is 0 Å². The highest BCUT2D eigenvalue weighted by molar-refractivity contribution is 5.77. The number of hydrogen-bond donors (Lipinski definition) is 2. The van der Waals surface area contributed by atoms with Crippen LogP contribution in [0.1, 0.15) is 5.56 Å². The number of carbonyl (C=O) groups excluding carboxylic acids is 1. The fraction of sp³-hybridized carbons (Fsp3) is 0.214. The Morgan fingerprint density at radius 1 is 1.24 bits per heavy atom. The number of nitrogens with one attached hydrogen (secondary N) is 1. The molecular formula is C14H15N3O4. The lowest BCUT2D eigenvalue weighted by Crippen LogP contribution is -2.28. The first kappa shape index (κ1) is 14.7. The third-order valence-electron chi connectivity index (χ3n) is 2.61. The van der Waals surface area contributed by atoms with E-state index in [1.807, 2.05) is 36.5 Å². The van der Waals surface area contributed by atoms with E-state index < -0.39 is 12.6 Å². The van der Waals surface area contributed by atoms with E-state index in [2.05, 4.69) is 15.2 Å². The number of para-hydroxylation sites is 1. The number of aromatic nitrogens is 2. The van der Waals surface area contributed by atoms with Crippen molar-refractivity contribution in [2.75, 3.05) is 13.2 Å². The summed E-state index contributed by atoms with van der Waals surface area (Å²) >= 11 is 0. The number of carbonyl (C=O) groups is 2. The molecule has 0 fully saturated rings. The van der Waals surface area contributed by atoms with Crippen LogP contribution < -0.4 is 5.32 Å². The van der Waals surface area contributed by atoms with E-state index in [4.69, 9.17) is 5.11 Å². The van der Waals surface area contributed by atoms with Gasteiger partial charge in [0.05, 0.1) is 11.9 Å². The summed E-state index contributed by atoms with van der Waals surface area (Å²) in [6, 6.07) is 9.60. The molecule has 0 aliphatic carbocycles. The van der Waals surface area contributed by atoms with Crippen molar-refractivity contribution in [2.24, 2.45) is 0 Å². The third kappa shape index (κ3) is 4.73. The average Bonchev–Trinajstić information content (AvgIpc) is 2.94. The predicted molar refractivity (Wildman–Crippen MR) is 73.9 cm³/mol. The highest BCUT2D eigenvalue weighted by Crippen LogP contribution is 2.07. The molecule has 2 N–H and O–H groups in total. The standard InChI is InChI=1S/C14H15N3O4/c18-13(9-21-10-14(19)20)15-6-11-7-16-17(8-11)12-4-2-1-3-5-12/h1-5,7-8H,6,9-10H2,(H,15,18)(H,19,20). The van der Waals surface area contributed by atoms with Crippen LogP contribution in [0.3, 0.4) is 0 Å². The summed E-state index contributed by atoms with van der Waals surface area (Å²) in [7, 11) is 0. The van der Waals surface area contributed by atoms with Crippen LogP contribution in [-0.2, 0) is 20.9 Å². The van der Waals surface area contributed by atoms with Crippen molar-refractivity contribution < 1.29 is 19.4 Å². The molecule has 0 aliphatic rings. The highest BCUT2D eigenvalue weighted by atomic mass is 16.5. The molecule has 0 saturated heterocycles. The van der Waals surface area contributed by atoms with Crippen LogP contribution in [0.15, 0.2) is 42.7 Å². The van der Waals surface area contributed by atoms with Gasteiger partial charge in [-0.2, -0.15) is 5.10 Å². The Morgan fingerprint density at radius 2 is 2.00 bits per heavy atom. The van der Waals surface area contributed by atoms with Gasteiger partial charge in [-0.3, -0.25) is 4.79 Å². The van der Waals surface area contributed by atoms with Gasteiger partial charge in [-0.05, 0) is 12.1 Å². The summed E-state index contributed by atoms with van der Waals surface area (Å²) in [5.41, 5.74) is 1.77. The third-order valence-corrected chi connectivity index (χ3v) is 2.61. The van der Waals surface area contributed by atoms with Crippen LogP contribution in [0.25, 0.3) is 5.69 Å². The zero-order chi connectivity index (χ0) is 15.1. The maximum Gasteiger partial charge on any atom is 0.329 e. The van der Waals surface area contributed by atoms with Gasteiger partial charge in [0.1, 0.15) is 13.2 Å². The number of carboxylic acid groups (broad SMARTS) is 1. The summed E-state index contributed by atoms with van der Waals surface area (Å²) in [5, 5.41) is 15.2. The molecule has 0 atom stereocenters. The number of aliphatic carboxylic acids is 1. The van der Waals surface area contributed by atoms with Crippen LogP contribution in [0.5, 0.6) is 0 Å². The van der Waals surface area contributed by atoms with E-state index in [0.717, 1.165) is 11.3 Å². The molecule has 0 spiro atoms. The van der Waals surface area contributed by atoms with Crippen molar-refractivity contribution in [2.45, 2.75) is 6.54 Å². The Bertz CT molecular complexity index is 610. The van der Waals surface area contributed by atoms with Crippen molar-refractivity contribution in [1.82, 2.24) is 15.1 Å². The lowest BCUT2D eigenvalue weighted by atomic mass is 10.3. The van der Waals surface area contributed by atoms with Crippen LogP contribution in [0, 0.1) is 0 Å². The van der Waals surface area contributed by atoms with Crippen molar-refractivity contribution in [3.63, 3.8) is 0 Å². The second-order valence-corrected chi connectivity index (χ2v) is 4.29. The van der Waals surface area contributed by atoms with Gasteiger partial charge in [0.2, 0.25) is 5.91 Å². The topological polar surface area (TPSA) is 93.4 Å². The van der Waals surface area contributed by atoms with Gasteiger partial charge >= 0.3 is 5.97 Å². The molecule has 0 saturated carbocycles. The molecule has 110 valence electrons. The molecule has 1 aromatic carbocycles. The van der Waals surface area contributed by atoms with Crippen molar-refractivity contribution in [1.29, 1.82) is 0 Å². The molecule has 0 radical (unpaired) electrons. The molecular weight excluding hydrogens is 274 g/mol. The van der Waals surface area contributed by atoms with Gasteiger partial charge in [-0.25, -0.2) is 9.48 Å². The Hall–Kier alpha value is -2.67. The molecule has 7 heteroatoms. The first-order chi connectivity index (χ1) is 10.1. The summed E-state index contributed by atoms with van der Waals surface area (Å²) in [5.74, 6) is -1.48. The number of nitrogens with zero attached hydrogens (tertiary/aromatic N) is 2. The number of benzene rings is 1. The lowest BCUT2D eigenvalue weighted by molar-refractivity contribution is -0.143. The van der Waals surface area contributed by atoms with Crippen molar-refractivity contribution in [3.05, 3.63) is 48.3 Å². The molecule has 0 unspecified atom stereocenters. The molecule has 2 aromatic rings. The van der Waals surface area contributed by atoms with Crippen LogP contribution >= 0.6 is 0 Å². The van der Waals surface area contributed by atoms with Crippen molar-refractivity contribution in [3.8, 4) is 5.69 Å². The predicted octanol–water partition coefficient (Wildman–Crippen LogP) is 0.590. The second kappa shape index (κ2) is 7.20. The molecule has 2 rings (SSSR count). The Kier molecular flexibility index (Phi) is 5.05. The number of hydrogen-bond acceptors (Lipinski definition) is 4. The molecule has 0 bridgehead atoms. The lowest BCUT2D eigenvalue weighted by Gasteiger charge is -2.03. The van der Waals surface area contributed by atoms with Gasteiger partial charge in [0.15, 0.2) is 0 Å². The maximum absolute atomic E-state index is 11.4. The quantitative estimate of drug-likeness (QED) is 0.778. The minimum Gasteiger partial charge on any atom is -0.480 e. The monoisotopic (exact) mass is 289 g/mol. The smallest absolute Gasteiger partial charge is 0.329 e. The van der Waals surface area contributed by atoms with Gasteiger partial charge in [0, 0.05) is 18.3 Å². The zero-order valence-electron chi connectivity index (χ0n) is 11.2.